The van der Waals surface area contributed by atoms with Crippen molar-refractivity contribution in [1.82, 2.24) is 0 Å². The summed E-state index contributed by atoms with van der Waals surface area (Å²) in [6.45, 7) is 5.11. The van der Waals surface area contributed by atoms with Crippen LogP contribution in [0.3, 0.4) is 0 Å². The predicted molar refractivity (Wildman–Crippen MR) is 79.8 cm³/mol. The minimum atomic E-state index is -3.03. The molecular weight excluding hydrogens is 337 g/mol. The van der Waals surface area contributed by atoms with Crippen LogP contribution in [0, 0.1) is 0 Å². The number of ether oxygens (including phenoxy) is 2. The van der Waals surface area contributed by atoms with Crippen LogP contribution in [-0.4, -0.2) is 50.6 Å². The quantitative estimate of drug-likeness (QED) is 0.318. The van der Waals surface area contributed by atoms with E-state index in [1.165, 1.54) is 0 Å². The van der Waals surface area contributed by atoms with Crippen molar-refractivity contribution >= 4 is 42.4 Å². The highest BCUT2D eigenvalue weighted by Crippen LogP contribution is 2.47. The maximum absolute atomic E-state index is 11.7. The van der Waals surface area contributed by atoms with E-state index in [0.717, 1.165) is 0 Å². The molecule has 118 valence electrons. The molecule has 0 aliphatic rings. The lowest BCUT2D eigenvalue weighted by Crippen LogP contribution is -2.04. The summed E-state index contributed by atoms with van der Waals surface area (Å²) >= 11 is 15.7. The number of hydrogen-bond donors (Lipinski definition) is 0. The Morgan fingerprint density at radius 1 is 0.895 bits per heavy atom. The van der Waals surface area contributed by atoms with Crippen molar-refractivity contribution in [3.05, 3.63) is 0 Å². The summed E-state index contributed by atoms with van der Waals surface area (Å²) in [4.78, 5) is 0. The first kappa shape index (κ1) is 22.2. The molecule has 5 nitrogen and oxygen atoms in total. The van der Waals surface area contributed by atoms with E-state index in [1.54, 1.807) is 13.8 Å². The zero-order valence-electron chi connectivity index (χ0n) is 11.3. The summed E-state index contributed by atoms with van der Waals surface area (Å²) in [6, 6.07) is 0.243. The van der Waals surface area contributed by atoms with Gasteiger partial charge in [0.1, 0.15) is 12.4 Å². The van der Waals surface area contributed by atoms with E-state index in [4.69, 9.17) is 48.6 Å². The molecule has 0 saturated heterocycles. The maximum Gasteiger partial charge on any atom is 0.356 e. The number of hydrogen-bond acceptors (Lipinski definition) is 5. The van der Waals surface area contributed by atoms with Gasteiger partial charge in [-0.05, 0) is 13.8 Å². The second kappa shape index (κ2) is 17.0. The van der Waals surface area contributed by atoms with Crippen molar-refractivity contribution in [1.29, 1.82) is 0 Å². The van der Waals surface area contributed by atoms with Crippen molar-refractivity contribution in [2.24, 2.45) is 0 Å². The van der Waals surface area contributed by atoms with Crippen molar-refractivity contribution in [3.8, 4) is 0 Å². The third-order valence-corrected chi connectivity index (χ3v) is 3.69. The van der Waals surface area contributed by atoms with Gasteiger partial charge in [0.15, 0.2) is 0 Å². The molecule has 0 radical (unpaired) electrons. The van der Waals surface area contributed by atoms with Crippen LogP contribution in [0.2, 0.25) is 0 Å². The first-order valence-electron chi connectivity index (χ1n) is 5.81. The molecule has 0 aromatic carbocycles. The molecule has 0 N–H and O–H groups in total. The Labute approximate surface area is 130 Å². The molecule has 0 aliphatic carbocycles. The molecule has 0 spiro atoms. The van der Waals surface area contributed by atoms with Gasteiger partial charge in [-0.3, -0.25) is 4.57 Å². The van der Waals surface area contributed by atoms with Gasteiger partial charge in [-0.1, -0.05) is 11.6 Å². The van der Waals surface area contributed by atoms with Gasteiger partial charge in [-0.15, -0.1) is 23.2 Å². The Bertz CT molecular complexity index is 207. The molecule has 0 unspecified atom stereocenters. The Morgan fingerprint density at radius 3 is 1.68 bits per heavy atom. The summed E-state index contributed by atoms with van der Waals surface area (Å²) in [5.74, 6) is 0.894. The summed E-state index contributed by atoms with van der Waals surface area (Å²) in [6.07, 6.45) is -0.0264. The van der Waals surface area contributed by atoms with Crippen LogP contribution < -0.4 is 0 Å². The van der Waals surface area contributed by atoms with E-state index in [2.05, 4.69) is 4.74 Å². The fourth-order valence-electron chi connectivity index (χ4n) is 0.845. The SMILES string of the molecule is CCOP(=O)(COCCCl)OCC.ClCCOCCl. The Kier molecular flexibility index (Phi) is 19.9. The third kappa shape index (κ3) is 16.9. The molecule has 0 atom stereocenters. The molecule has 0 aromatic rings. The molecule has 0 bridgehead atoms. The molecule has 0 saturated carbocycles. The standard InChI is InChI=1S/C7H16ClO4P.C3H6Cl2O/c1-3-11-13(9,12-4-2)7-10-6-5-8;4-1-2-6-3-5/h3-7H2,1-2H3;1-3H2. The van der Waals surface area contributed by atoms with Crippen LogP contribution in [-0.2, 0) is 23.1 Å². The highest BCUT2D eigenvalue weighted by molar-refractivity contribution is 7.53. The van der Waals surface area contributed by atoms with Gasteiger partial charge in [-0.25, -0.2) is 0 Å². The average Bonchev–Trinajstić information content (AvgIpc) is 2.38. The normalized spacial score (nSPS) is 11.0. The van der Waals surface area contributed by atoms with Crippen molar-refractivity contribution in [3.63, 3.8) is 0 Å². The van der Waals surface area contributed by atoms with E-state index in [0.29, 0.717) is 38.2 Å². The van der Waals surface area contributed by atoms with Gasteiger partial charge in [0.2, 0.25) is 0 Å². The Balaban J connectivity index is 0. The van der Waals surface area contributed by atoms with Crippen LogP contribution in [0.15, 0.2) is 0 Å². The lowest BCUT2D eigenvalue weighted by Gasteiger charge is -2.16. The molecular formula is C10H22Cl3O5P. The maximum atomic E-state index is 11.7. The predicted octanol–water partition coefficient (Wildman–Crippen LogP) is 3.90. The second-order valence-electron chi connectivity index (χ2n) is 2.88. The Hall–Kier alpha value is 0.940. The second-order valence-corrected chi connectivity index (χ2v) is 5.85. The van der Waals surface area contributed by atoms with Crippen LogP contribution >= 0.6 is 42.4 Å². The molecule has 0 aromatic heterocycles. The smallest absolute Gasteiger partial charge is 0.356 e. The Morgan fingerprint density at radius 2 is 1.37 bits per heavy atom. The van der Waals surface area contributed by atoms with Crippen LogP contribution in [0.1, 0.15) is 13.8 Å². The largest absolute Gasteiger partial charge is 0.368 e. The van der Waals surface area contributed by atoms with Gasteiger partial charge in [0, 0.05) is 11.8 Å². The van der Waals surface area contributed by atoms with Gasteiger partial charge >= 0.3 is 7.60 Å². The topological polar surface area (TPSA) is 54.0 Å². The molecule has 0 fully saturated rings. The minimum Gasteiger partial charge on any atom is -0.368 e. The highest BCUT2D eigenvalue weighted by atomic mass is 35.5. The first-order chi connectivity index (χ1) is 9.10. The summed E-state index contributed by atoms with van der Waals surface area (Å²) in [5.41, 5.74) is 0. The van der Waals surface area contributed by atoms with Gasteiger partial charge in [-0.2, -0.15) is 0 Å². The lowest BCUT2D eigenvalue weighted by molar-refractivity contribution is 0.142. The van der Waals surface area contributed by atoms with Crippen LogP contribution in [0.4, 0.5) is 0 Å². The first-order valence-corrected chi connectivity index (χ1v) is 9.14. The van der Waals surface area contributed by atoms with Crippen LogP contribution in [0.25, 0.3) is 0 Å². The van der Waals surface area contributed by atoms with Gasteiger partial charge in [0.25, 0.3) is 0 Å². The van der Waals surface area contributed by atoms with Crippen molar-refractivity contribution < 1.29 is 23.1 Å². The van der Waals surface area contributed by atoms with E-state index >= 15 is 0 Å². The van der Waals surface area contributed by atoms with E-state index in [1.807, 2.05) is 0 Å². The van der Waals surface area contributed by atoms with Gasteiger partial charge < -0.3 is 18.5 Å². The molecule has 0 aliphatic heterocycles. The monoisotopic (exact) mass is 358 g/mol. The molecule has 19 heavy (non-hydrogen) atoms. The van der Waals surface area contributed by atoms with E-state index < -0.39 is 7.60 Å². The van der Waals surface area contributed by atoms with Crippen LogP contribution in [0.5, 0.6) is 0 Å². The summed E-state index contributed by atoms with van der Waals surface area (Å²) < 4.78 is 31.3. The summed E-state index contributed by atoms with van der Waals surface area (Å²) in [7, 11) is -3.03. The van der Waals surface area contributed by atoms with Crippen molar-refractivity contribution in [2.45, 2.75) is 13.8 Å². The number of halogens is 3. The lowest BCUT2D eigenvalue weighted by atomic mass is 10.9. The number of alkyl halides is 3. The summed E-state index contributed by atoms with van der Waals surface area (Å²) in [5, 5.41) is 0. The average molecular weight is 360 g/mol. The minimum absolute atomic E-state index is 0.0264. The van der Waals surface area contributed by atoms with Crippen molar-refractivity contribution in [2.75, 3.05) is 50.6 Å². The molecule has 9 heteroatoms. The molecule has 0 amide bonds. The molecule has 0 heterocycles. The highest BCUT2D eigenvalue weighted by Gasteiger charge is 2.23. The van der Waals surface area contributed by atoms with E-state index in [9.17, 15) is 4.57 Å². The number of rotatable bonds is 11. The fraction of sp³-hybridized carbons (Fsp3) is 1.00. The zero-order valence-corrected chi connectivity index (χ0v) is 14.4. The fourth-order valence-corrected chi connectivity index (χ4v) is 2.54. The molecule has 0 rings (SSSR count). The van der Waals surface area contributed by atoms with Gasteiger partial charge in [0.05, 0.1) is 26.4 Å². The van der Waals surface area contributed by atoms with E-state index in [-0.39, 0.29) is 12.4 Å². The zero-order chi connectivity index (χ0) is 15.0. The third-order valence-electron chi connectivity index (χ3n) is 1.42.